The lowest BCUT2D eigenvalue weighted by atomic mass is 10.1. The van der Waals surface area contributed by atoms with E-state index in [0.29, 0.717) is 16.6 Å². The highest BCUT2D eigenvalue weighted by Gasteiger charge is 2.21. The Bertz CT molecular complexity index is 1030. The summed E-state index contributed by atoms with van der Waals surface area (Å²) in [4.78, 5) is 29.2. The number of carbonyl (C=O) groups is 2. The maximum atomic E-state index is 12.6. The predicted molar refractivity (Wildman–Crippen MR) is 106 cm³/mol. The van der Waals surface area contributed by atoms with Gasteiger partial charge < -0.3 is 10.1 Å². The molecule has 0 fully saturated rings. The number of carbonyl (C=O) groups excluding carboxylic acids is 2. The molecule has 1 amide bonds. The summed E-state index contributed by atoms with van der Waals surface area (Å²) in [6.45, 7) is 5.37. The monoisotopic (exact) mass is 382 g/mol. The Labute approximate surface area is 162 Å². The van der Waals surface area contributed by atoms with Crippen LogP contribution < -0.4 is 5.32 Å². The molecule has 0 spiro atoms. The Morgan fingerprint density at radius 2 is 1.85 bits per heavy atom. The molecule has 1 atom stereocenters. The molecule has 3 aromatic rings. The Balaban J connectivity index is 1.78. The number of nitrogens with one attached hydrogen (secondary N) is 1. The summed E-state index contributed by atoms with van der Waals surface area (Å²) in [5.74, 6) is -1.03. The largest absolute Gasteiger partial charge is 0.449 e. The van der Waals surface area contributed by atoms with Gasteiger partial charge in [-0.15, -0.1) is 0 Å². The number of aromatic nitrogens is 1. The molecule has 6 heteroatoms. The zero-order chi connectivity index (χ0) is 19.6. The smallest absolute Gasteiger partial charge is 0.339 e. The van der Waals surface area contributed by atoms with Crippen molar-refractivity contribution in [1.82, 2.24) is 4.98 Å². The molecule has 0 radical (unpaired) electrons. The molecule has 1 heterocycles. The quantitative estimate of drug-likeness (QED) is 0.525. The van der Waals surface area contributed by atoms with E-state index in [9.17, 15) is 9.59 Å². The lowest BCUT2D eigenvalue weighted by Crippen LogP contribution is -2.30. The van der Waals surface area contributed by atoms with Crippen molar-refractivity contribution in [1.29, 1.82) is 0 Å². The van der Waals surface area contributed by atoms with E-state index >= 15 is 0 Å². The molecule has 138 valence electrons. The number of aryl methyl sites for hydroxylation is 2. The number of pyridine rings is 1. The highest BCUT2D eigenvalue weighted by atomic mass is 35.5. The SMILES string of the molecule is Cc1ccc(C)c(NC(=O)[C@H](C)OC(=O)c2cc(Cl)nc3ccccc23)c1. The molecule has 3 rings (SSSR count). The maximum Gasteiger partial charge on any atom is 0.339 e. The molecule has 5 nitrogen and oxygen atoms in total. The van der Waals surface area contributed by atoms with E-state index < -0.39 is 18.0 Å². The van der Waals surface area contributed by atoms with Crippen molar-refractivity contribution in [2.24, 2.45) is 0 Å². The Morgan fingerprint density at radius 1 is 1.11 bits per heavy atom. The summed E-state index contributed by atoms with van der Waals surface area (Å²) in [7, 11) is 0. The van der Waals surface area contributed by atoms with Crippen molar-refractivity contribution in [2.75, 3.05) is 5.32 Å². The van der Waals surface area contributed by atoms with Gasteiger partial charge in [0.05, 0.1) is 11.1 Å². The Hall–Kier alpha value is -2.92. The molecule has 1 aromatic heterocycles. The fraction of sp³-hybridized carbons (Fsp3) is 0.190. The van der Waals surface area contributed by atoms with E-state index in [-0.39, 0.29) is 10.7 Å². The van der Waals surface area contributed by atoms with Crippen molar-refractivity contribution in [3.05, 3.63) is 70.4 Å². The first-order valence-corrected chi connectivity index (χ1v) is 8.87. The number of halogens is 1. The summed E-state index contributed by atoms with van der Waals surface area (Å²) in [6, 6.07) is 14.3. The molecule has 0 unspecified atom stereocenters. The topological polar surface area (TPSA) is 68.3 Å². The van der Waals surface area contributed by atoms with Gasteiger partial charge in [-0.1, -0.05) is 41.9 Å². The fourth-order valence-corrected chi connectivity index (χ4v) is 2.89. The van der Waals surface area contributed by atoms with Crippen LogP contribution in [0.5, 0.6) is 0 Å². The van der Waals surface area contributed by atoms with Crippen LogP contribution in [0.3, 0.4) is 0 Å². The normalized spacial score (nSPS) is 11.9. The van der Waals surface area contributed by atoms with Crippen LogP contribution in [0, 0.1) is 13.8 Å². The molecular weight excluding hydrogens is 364 g/mol. The zero-order valence-corrected chi connectivity index (χ0v) is 16.0. The Morgan fingerprint density at radius 3 is 2.63 bits per heavy atom. The first-order valence-electron chi connectivity index (χ1n) is 8.49. The van der Waals surface area contributed by atoms with Crippen molar-refractivity contribution in [3.63, 3.8) is 0 Å². The van der Waals surface area contributed by atoms with Crippen LogP contribution in [-0.2, 0) is 9.53 Å². The van der Waals surface area contributed by atoms with Gasteiger partial charge >= 0.3 is 5.97 Å². The van der Waals surface area contributed by atoms with Crippen LogP contribution in [0.2, 0.25) is 5.15 Å². The standard InChI is InChI=1S/C21H19ClN2O3/c1-12-8-9-13(2)18(10-12)24-20(25)14(3)27-21(26)16-11-19(22)23-17-7-5-4-6-15(16)17/h4-11,14H,1-3H3,(H,24,25)/t14-/m0/s1. The van der Waals surface area contributed by atoms with Crippen molar-refractivity contribution >= 4 is 40.1 Å². The summed E-state index contributed by atoms with van der Waals surface area (Å²) in [5, 5.41) is 3.61. The van der Waals surface area contributed by atoms with Crippen molar-refractivity contribution < 1.29 is 14.3 Å². The molecular formula is C21H19ClN2O3. The van der Waals surface area contributed by atoms with E-state index in [0.717, 1.165) is 11.1 Å². The average molecular weight is 383 g/mol. The maximum absolute atomic E-state index is 12.6. The van der Waals surface area contributed by atoms with Crippen LogP contribution in [-0.4, -0.2) is 23.0 Å². The van der Waals surface area contributed by atoms with Gasteiger partial charge in [-0.05, 0) is 50.1 Å². The summed E-state index contributed by atoms with van der Waals surface area (Å²) < 4.78 is 5.37. The molecule has 2 aromatic carbocycles. The molecule has 0 aliphatic heterocycles. The Kier molecular flexibility index (Phi) is 5.42. The van der Waals surface area contributed by atoms with Crippen LogP contribution in [0.15, 0.2) is 48.5 Å². The predicted octanol–water partition coefficient (Wildman–Crippen LogP) is 4.69. The van der Waals surface area contributed by atoms with Gasteiger partial charge in [0.1, 0.15) is 5.15 Å². The summed E-state index contributed by atoms with van der Waals surface area (Å²) >= 11 is 6.01. The summed E-state index contributed by atoms with van der Waals surface area (Å²) in [5.41, 5.74) is 3.51. The number of hydrogen-bond donors (Lipinski definition) is 1. The summed E-state index contributed by atoms with van der Waals surface area (Å²) in [6.07, 6.45) is -0.969. The van der Waals surface area contributed by atoms with Crippen molar-refractivity contribution in [2.45, 2.75) is 26.9 Å². The first kappa shape index (κ1) is 18.9. The van der Waals surface area contributed by atoms with Crippen LogP contribution >= 0.6 is 11.6 Å². The number of benzene rings is 2. The highest BCUT2D eigenvalue weighted by molar-refractivity contribution is 6.30. The number of rotatable bonds is 4. The number of hydrogen-bond acceptors (Lipinski definition) is 4. The van der Waals surface area contributed by atoms with E-state index in [1.54, 1.807) is 24.3 Å². The first-order chi connectivity index (χ1) is 12.8. The second kappa shape index (κ2) is 7.76. The molecule has 27 heavy (non-hydrogen) atoms. The third-order valence-corrected chi connectivity index (χ3v) is 4.40. The third kappa shape index (κ3) is 4.26. The van der Waals surface area contributed by atoms with Gasteiger partial charge in [0, 0.05) is 11.1 Å². The molecule has 0 bridgehead atoms. The van der Waals surface area contributed by atoms with E-state index in [2.05, 4.69) is 10.3 Å². The van der Waals surface area contributed by atoms with Crippen LogP contribution in [0.4, 0.5) is 5.69 Å². The minimum absolute atomic E-state index is 0.188. The van der Waals surface area contributed by atoms with Gasteiger partial charge in [0.2, 0.25) is 0 Å². The van der Waals surface area contributed by atoms with Gasteiger partial charge in [0.15, 0.2) is 6.10 Å². The molecule has 0 aliphatic rings. The fourth-order valence-electron chi connectivity index (χ4n) is 2.69. The average Bonchev–Trinajstić information content (AvgIpc) is 2.63. The van der Waals surface area contributed by atoms with Gasteiger partial charge in [-0.25, -0.2) is 9.78 Å². The lowest BCUT2D eigenvalue weighted by Gasteiger charge is -2.16. The minimum atomic E-state index is -0.969. The zero-order valence-electron chi connectivity index (χ0n) is 15.2. The second-order valence-electron chi connectivity index (χ2n) is 6.36. The highest BCUT2D eigenvalue weighted by Crippen LogP contribution is 2.22. The number of amides is 1. The molecule has 0 aliphatic carbocycles. The van der Waals surface area contributed by atoms with Crippen LogP contribution in [0.1, 0.15) is 28.4 Å². The minimum Gasteiger partial charge on any atom is -0.449 e. The van der Waals surface area contributed by atoms with Crippen molar-refractivity contribution in [3.8, 4) is 0 Å². The number of nitrogens with zero attached hydrogens (tertiary/aromatic N) is 1. The number of esters is 1. The number of fused-ring (bicyclic) bond motifs is 1. The van der Waals surface area contributed by atoms with E-state index in [1.165, 1.54) is 13.0 Å². The molecule has 0 saturated carbocycles. The number of anilines is 1. The van der Waals surface area contributed by atoms with Gasteiger partial charge in [0.25, 0.3) is 5.91 Å². The van der Waals surface area contributed by atoms with Crippen LogP contribution in [0.25, 0.3) is 10.9 Å². The van der Waals surface area contributed by atoms with Gasteiger partial charge in [-0.3, -0.25) is 4.79 Å². The molecule has 0 saturated heterocycles. The number of para-hydroxylation sites is 1. The number of ether oxygens (including phenoxy) is 1. The van der Waals surface area contributed by atoms with Gasteiger partial charge in [-0.2, -0.15) is 0 Å². The lowest BCUT2D eigenvalue weighted by molar-refractivity contribution is -0.123. The van der Waals surface area contributed by atoms with E-state index in [4.69, 9.17) is 16.3 Å². The van der Waals surface area contributed by atoms with E-state index in [1.807, 2.05) is 32.0 Å². The molecule has 1 N–H and O–H groups in total. The third-order valence-electron chi connectivity index (χ3n) is 4.21. The second-order valence-corrected chi connectivity index (χ2v) is 6.75.